The fourth-order valence-electron chi connectivity index (χ4n) is 2.13. The molecule has 3 rings (SSSR count). The highest BCUT2D eigenvalue weighted by Crippen LogP contribution is 2.18. The van der Waals surface area contributed by atoms with E-state index in [4.69, 9.17) is 0 Å². The van der Waals surface area contributed by atoms with Crippen LogP contribution in [-0.4, -0.2) is 22.5 Å². The van der Waals surface area contributed by atoms with Crippen molar-refractivity contribution in [3.63, 3.8) is 0 Å². The monoisotopic (exact) mass is 286 g/mol. The zero-order chi connectivity index (χ0) is 13.9. The molecule has 0 spiro atoms. The molecule has 2 aromatic heterocycles. The van der Waals surface area contributed by atoms with Crippen LogP contribution in [0.15, 0.2) is 47.3 Å². The number of amides is 1. The first-order chi connectivity index (χ1) is 9.75. The molecular formula is C15H14N2O2S. The van der Waals surface area contributed by atoms with Crippen LogP contribution in [0.3, 0.4) is 0 Å². The molecule has 1 amide bonds. The van der Waals surface area contributed by atoms with E-state index in [1.54, 1.807) is 6.20 Å². The molecule has 0 aliphatic carbocycles. The maximum absolute atomic E-state index is 12.2. The molecule has 2 heterocycles. The first-order valence-electron chi connectivity index (χ1n) is 6.30. The van der Waals surface area contributed by atoms with Crippen LogP contribution in [0.1, 0.15) is 22.0 Å². The van der Waals surface area contributed by atoms with Crippen molar-refractivity contribution in [1.82, 2.24) is 10.3 Å². The number of carbonyl (C=O) groups excluding carboxylic acids is 1. The largest absolute Gasteiger partial charge is 0.387 e. The first-order valence-corrected chi connectivity index (χ1v) is 7.24. The van der Waals surface area contributed by atoms with Crippen molar-refractivity contribution in [3.05, 3.63) is 58.4 Å². The Hall–Kier alpha value is -2.11. The number of aliphatic hydroxyl groups is 1. The zero-order valence-corrected chi connectivity index (χ0v) is 11.5. The minimum atomic E-state index is -0.671. The fraction of sp³-hybridized carbons (Fsp3) is 0.133. The highest BCUT2D eigenvalue weighted by molar-refractivity contribution is 7.07. The molecule has 0 aliphatic rings. The van der Waals surface area contributed by atoms with Gasteiger partial charge in [-0.3, -0.25) is 4.79 Å². The third-order valence-corrected chi connectivity index (χ3v) is 3.92. The number of H-pyrrole nitrogens is 1. The van der Waals surface area contributed by atoms with Gasteiger partial charge in [-0.1, -0.05) is 18.2 Å². The summed E-state index contributed by atoms with van der Waals surface area (Å²) in [6.07, 6.45) is 1.02. The number of aromatic amines is 1. The van der Waals surface area contributed by atoms with E-state index >= 15 is 0 Å². The van der Waals surface area contributed by atoms with Crippen molar-refractivity contribution in [2.45, 2.75) is 6.10 Å². The normalized spacial score (nSPS) is 12.4. The maximum Gasteiger partial charge on any atom is 0.253 e. The third kappa shape index (κ3) is 2.45. The van der Waals surface area contributed by atoms with E-state index in [0.717, 1.165) is 16.5 Å². The number of aliphatic hydroxyl groups excluding tert-OH is 1. The molecule has 0 fully saturated rings. The van der Waals surface area contributed by atoms with E-state index < -0.39 is 6.10 Å². The van der Waals surface area contributed by atoms with Crippen LogP contribution < -0.4 is 5.32 Å². The molecule has 102 valence electrons. The summed E-state index contributed by atoms with van der Waals surface area (Å²) in [5, 5.41) is 17.4. The molecule has 0 aliphatic heterocycles. The third-order valence-electron chi connectivity index (χ3n) is 3.22. The Labute approximate surface area is 120 Å². The minimum Gasteiger partial charge on any atom is -0.387 e. The molecule has 0 bridgehead atoms. The van der Waals surface area contributed by atoms with Crippen LogP contribution in [-0.2, 0) is 0 Å². The molecule has 0 saturated carbocycles. The Balaban J connectivity index is 1.70. The minimum absolute atomic E-state index is 0.184. The average molecular weight is 286 g/mol. The molecule has 4 nitrogen and oxygen atoms in total. The van der Waals surface area contributed by atoms with Gasteiger partial charge in [0.1, 0.15) is 0 Å². The van der Waals surface area contributed by atoms with Crippen molar-refractivity contribution < 1.29 is 9.90 Å². The summed E-state index contributed by atoms with van der Waals surface area (Å²) in [4.78, 5) is 15.2. The van der Waals surface area contributed by atoms with Crippen LogP contribution in [0, 0.1) is 0 Å². The maximum atomic E-state index is 12.2. The Morgan fingerprint density at radius 1 is 1.35 bits per heavy atom. The van der Waals surface area contributed by atoms with Crippen molar-refractivity contribution in [3.8, 4) is 0 Å². The molecule has 1 unspecified atom stereocenters. The van der Waals surface area contributed by atoms with E-state index in [9.17, 15) is 9.90 Å². The summed E-state index contributed by atoms with van der Waals surface area (Å²) < 4.78 is 0. The second kappa shape index (κ2) is 5.48. The van der Waals surface area contributed by atoms with E-state index in [1.807, 2.05) is 41.1 Å². The van der Waals surface area contributed by atoms with Gasteiger partial charge in [0.2, 0.25) is 0 Å². The number of nitrogens with one attached hydrogen (secondary N) is 2. The summed E-state index contributed by atoms with van der Waals surface area (Å²) >= 11 is 1.52. The topological polar surface area (TPSA) is 65.1 Å². The summed E-state index contributed by atoms with van der Waals surface area (Å²) in [6, 6.07) is 9.49. The van der Waals surface area contributed by atoms with Gasteiger partial charge in [-0.05, 0) is 28.5 Å². The highest BCUT2D eigenvalue weighted by Gasteiger charge is 2.14. The summed E-state index contributed by atoms with van der Waals surface area (Å²) in [7, 11) is 0. The lowest BCUT2D eigenvalue weighted by Gasteiger charge is -2.10. The standard InChI is InChI=1S/C15H14N2O2S/c18-14(10-5-6-20-9-10)8-17-15(19)12-7-16-13-4-2-1-3-11(12)13/h1-7,9,14,16,18H,8H2,(H,17,19). The lowest BCUT2D eigenvalue weighted by molar-refractivity contribution is 0.0918. The van der Waals surface area contributed by atoms with Crippen LogP contribution >= 0.6 is 11.3 Å². The molecule has 0 saturated heterocycles. The number of aromatic nitrogens is 1. The molecule has 3 N–H and O–H groups in total. The Morgan fingerprint density at radius 3 is 3.00 bits per heavy atom. The number of carbonyl (C=O) groups is 1. The SMILES string of the molecule is O=C(NCC(O)c1ccsc1)c1c[nH]c2ccccc12. The van der Waals surface area contributed by atoms with Gasteiger partial charge in [0.25, 0.3) is 5.91 Å². The van der Waals surface area contributed by atoms with Gasteiger partial charge in [0.15, 0.2) is 0 Å². The van der Waals surface area contributed by atoms with Crippen LogP contribution in [0.25, 0.3) is 10.9 Å². The van der Waals surface area contributed by atoms with Crippen LogP contribution in [0.4, 0.5) is 0 Å². The van der Waals surface area contributed by atoms with Crippen molar-refractivity contribution >= 4 is 28.1 Å². The predicted molar refractivity (Wildman–Crippen MR) is 79.9 cm³/mol. The summed E-state index contributed by atoms with van der Waals surface area (Å²) in [5.41, 5.74) is 2.35. The number of fused-ring (bicyclic) bond motifs is 1. The van der Waals surface area contributed by atoms with Crippen molar-refractivity contribution in [2.24, 2.45) is 0 Å². The number of hydrogen-bond acceptors (Lipinski definition) is 3. The van der Waals surface area contributed by atoms with Crippen LogP contribution in [0.2, 0.25) is 0 Å². The van der Waals surface area contributed by atoms with E-state index in [-0.39, 0.29) is 12.5 Å². The second-order valence-corrected chi connectivity index (χ2v) is 5.31. The van der Waals surface area contributed by atoms with E-state index in [1.165, 1.54) is 11.3 Å². The Kier molecular flexibility index (Phi) is 3.54. The van der Waals surface area contributed by atoms with Gasteiger partial charge in [0.05, 0.1) is 11.7 Å². The number of rotatable bonds is 4. The van der Waals surface area contributed by atoms with Crippen molar-refractivity contribution in [1.29, 1.82) is 0 Å². The number of para-hydroxylation sites is 1. The zero-order valence-electron chi connectivity index (χ0n) is 10.7. The van der Waals surface area contributed by atoms with Gasteiger partial charge in [-0.25, -0.2) is 0 Å². The van der Waals surface area contributed by atoms with Crippen molar-refractivity contribution in [2.75, 3.05) is 6.54 Å². The second-order valence-electron chi connectivity index (χ2n) is 4.53. The fourth-order valence-corrected chi connectivity index (χ4v) is 2.83. The lowest BCUT2D eigenvalue weighted by atomic mass is 10.1. The molecule has 5 heteroatoms. The van der Waals surface area contributed by atoms with Gasteiger partial charge in [0, 0.05) is 23.6 Å². The van der Waals surface area contributed by atoms with Crippen LogP contribution in [0.5, 0.6) is 0 Å². The average Bonchev–Trinajstić information content (AvgIpc) is 3.13. The Bertz CT molecular complexity index is 718. The molecule has 20 heavy (non-hydrogen) atoms. The molecular weight excluding hydrogens is 272 g/mol. The van der Waals surface area contributed by atoms with E-state index in [0.29, 0.717) is 5.56 Å². The Morgan fingerprint density at radius 2 is 2.20 bits per heavy atom. The predicted octanol–water partition coefficient (Wildman–Crippen LogP) is 2.69. The number of hydrogen-bond donors (Lipinski definition) is 3. The smallest absolute Gasteiger partial charge is 0.253 e. The molecule has 1 aromatic carbocycles. The number of thiophene rings is 1. The molecule has 1 atom stereocenters. The van der Waals surface area contributed by atoms with Gasteiger partial charge in [-0.15, -0.1) is 0 Å². The highest BCUT2D eigenvalue weighted by atomic mass is 32.1. The summed E-state index contributed by atoms with van der Waals surface area (Å²) in [5.74, 6) is -0.184. The number of benzene rings is 1. The lowest BCUT2D eigenvalue weighted by Crippen LogP contribution is -2.28. The van der Waals surface area contributed by atoms with E-state index in [2.05, 4.69) is 10.3 Å². The summed E-state index contributed by atoms with van der Waals surface area (Å²) in [6.45, 7) is 0.203. The molecule has 3 aromatic rings. The quantitative estimate of drug-likeness (QED) is 0.690. The van der Waals surface area contributed by atoms with Gasteiger partial charge < -0.3 is 15.4 Å². The first kappa shape index (κ1) is 12.9. The molecule has 0 radical (unpaired) electrons. The van der Waals surface area contributed by atoms with Gasteiger partial charge >= 0.3 is 0 Å². The van der Waals surface area contributed by atoms with Gasteiger partial charge in [-0.2, -0.15) is 11.3 Å².